The van der Waals surface area contributed by atoms with Crippen LogP contribution in [0.3, 0.4) is 0 Å². The molecule has 1 aromatic rings. The Balaban J connectivity index is 2.02. The van der Waals surface area contributed by atoms with Crippen LogP contribution < -0.4 is 0 Å². The van der Waals surface area contributed by atoms with E-state index in [1.165, 1.54) is 25.3 Å². The fourth-order valence-corrected chi connectivity index (χ4v) is 1.54. The van der Waals surface area contributed by atoms with Crippen LogP contribution in [-0.2, 0) is 6.42 Å². The first kappa shape index (κ1) is 7.78. The van der Waals surface area contributed by atoms with Crippen molar-refractivity contribution in [3.05, 3.63) is 41.6 Å². The van der Waals surface area contributed by atoms with Crippen molar-refractivity contribution in [2.75, 3.05) is 0 Å². The Morgan fingerprint density at radius 1 is 1.25 bits per heavy atom. The highest BCUT2D eigenvalue weighted by Crippen LogP contribution is 2.31. The maximum Gasteiger partial charge on any atom is 0.123 e. The molecule has 0 aromatic heterocycles. The van der Waals surface area contributed by atoms with E-state index in [1.807, 2.05) is 6.07 Å². The first-order chi connectivity index (χ1) is 5.84. The molecule has 0 heterocycles. The zero-order valence-corrected chi connectivity index (χ0v) is 7.02. The average Bonchev–Trinajstić information content (AvgIpc) is 1.97. The van der Waals surface area contributed by atoms with E-state index < -0.39 is 0 Å². The molecule has 2 rings (SSSR count). The van der Waals surface area contributed by atoms with Gasteiger partial charge >= 0.3 is 0 Å². The molecule has 0 N–H and O–H groups in total. The Morgan fingerprint density at radius 2 is 2.08 bits per heavy atom. The summed E-state index contributed by atoms with van der Waals surface area (Å²) in [6.07, 6.45) is 4.80. The minimum atomic E-state index is -0.118. The van der Waals surface area contributed by atoms with Crippen LogP contribution in [0.1, 0.15) is 24.8 Å². The van der Waals surface area contributed by atoms with Gasteiger partial charge in [-0.1, -0.05) is 18.6 Å². The number of halogens is 1. The second kappa shape index (κ2) is 3.26. The molecule has 1 fully saturated rings. The Bertz CT molecular complexity index is 263. The van der Waals surface area contributed by atoms with Gasteiger partial charge in [-0.2, -0.15) is 0 Å². The third kappa shape index (κ3) is 1.66. The highest BCUT2D eigenvalue weighted by molar-refractivity contribution is 5.21. The standard InChI is InChI=1S/C11H12F/c12-11-6-2-5-10(8-11)7-9-3-1-4-9/h2,5-6,8H,1,3-4,7H2. The van der Waals surface area contributed by atoms with Crippen molar-refractivity contribution in [2.24, 2.45) is 0 Å². The van der Waals surface area contributed by atoms with Crippen molar-refractivity contribution in [3.8, 4) is 0 Å². The largest absolute Gasteiger partial charge is 0.207 e. The van der Waals surface area contributed by atoms with Crippen LogP contribution >= 0.6 is 0 Å². The van der Waals surface area contributed by atoms with Crippen LogP contribution in [0.5, 0.6) is 0 Å². The Hall–Kier alpha value is -0.850. The lowest BCUT2D eigenvalue weighted by atomic mass is 9.81. The molecule has 0 atom stereocenters. The molecule has 63 valence electrons. The van der Waals surface area contributed by atoms with Gasteiger partial charge in [0.2, 0.25) is 0 Å². The lowest BCUT2D eigenvalue weighted by molar-refractivity contribution is 0.526. The van der Waals surface area contributed by atoms with Gasteiger partial charge in [0, 0.05) is 0 Å². The summed E-state index contributed by atoms with van der Waals surface area (Å²) in [5, 5.41) is 0. The molecule has 1 aliphatic rings. The van der Waals surface area contributed by atoms with E-state index in [0.29, 0.717) is 0 Å². The fraction of sp³-hybridized carbons (Fsp3) is 0.364. The van der Waals surface area contributed by atoms with Crippen LogP contribution in [0.15, 0.2) is 24.3 Å². The molecule has 1 radical (unpaired) electrons. The summed E-state index contributed by atoms with van der Waals surface area (Å²) < 4.78 is 12.7. The van der Waals surface area contributed by atoms with Gasteiger partial charge < -0.3 is 0 Å². The highest BCUT2D eigenvalue weighted by Gasteiger charge is 2.18. The Kier molecular flexibility index (Phi) is 2.11. The Morgan fingerprint density at radius 3 is 2.67 bits per heavy atom. The van der Waals surface area contributed by atoms with E-state index in [9.17, 15) is 4.39 Å². The van der Waals surface area contributed by atoms with Crippen LogP contribution in [0.25, 0.3) is 0 Å². The maximum atomic E-state index is 12.7. The molecule has 1 aliphatic carbocycles. The second-order valence-electron chi connectivity index (χ2n) is 3.41. The SMILES string of the molecule is Fc1cccc(C[C]2CCC2)c1. The quantitative estimate of drug-likeness (QED) is 0.628. The minimum absolute atomic E-state index is 0.118. The molecule has 1 heteroatoms. The third-order valence-corrected chi connectivity index (χ3v) is 2.40. The molecular weight excluding hydrogens is 151 g/mol. The first-order valence-electron chi connectivity index (χ1n) is 4.42. The summed E-state index contributed by atoms with van der Waals surface area (Å²) in [5.74, 6) is 1.45. The van der Waals surface area contributed by atoms with Crippen molar-refractivity contribution < 1.29 is 4.39 Å². The fourth-order valence-electron chi connectivity index (χ4n) is 1.54. The molecule has 0 spiro atoms. The summed E-state index contributed by atoms with van der Waals surface area (Å²) in [6.45, 7) is 0. The van der Waals surface area contributed by atoms with Crippen molar-refractivity contribution >= 4 is 0 Å². The molecule has 0 saturated heterocycles. The minimum Gasteiger partial charge on any atom is -0.207 e. The van der Waals surface area contributed by atoms with Crippen molar-refractivity contribution in [3.63, 3.8) is 0 Å². The summed E-state index contributed by atoms with van der Waals surface area (Å²) in [5.41, 5.74) is 1.12. The lowest BCUT2D eigenvalue weighted by Gasteiger charge is -2.24. The third-order valence-electron chi connectivity index (χ3n) is 2.40. The van der Waals surface area contributed by atoms with E-state index in [4.69, 9.17) is 0 Å². The summed E-state index contributed by atoms with van der Waals surface area (Å²) >= 11 is 0. The maximum absolute atomic E-state index is 12.7. The number of rotatable bonds is 2. The number of hydrogen-bond acceptors (Lipinski definition) is 0. The summed E-state index contributed by atoms with van der Waals surface area (Å²) in [6, 6.07) is 6.90. The predicted octanol–water partition coefficient (Wildman–Crippen LogP) is 3.13. The molecule has 0 bridgehead atoms. The normalized spacial score (nSPS) is 17.4. The molecule has 12 heavy (non-hydrogen) atoms. The molecule has 0 unspecified atom stereocenters. The van der Waals surface area contributed by atoms with Gasteiger partial charge in [-0.3, -0.25) is 0 Å². The topological polar surface area (TPSA) is 0 Å². The Labute approximate surface area is 72.4 Å². The zero-order valence-electron chi connectivity index (χ0n) is 7.02. The van der Waals surface area contributed by atoms with Gasteiger partial charge in [0.05, 0.1) is 0 Å². The molecule has 1 aromatic carbocycles. The van der Waals surface area contributed by atoms with Gasteiger partial charge in [0.15, 0.2) is 0 Å². The second-order valence-corrected chi connectivity index (χ2v) is 3.41. The van der Waals surface area contributed by atoms with Crippen LogP contribution in [0.2, 0.25) is 0 Å². The van der Waals surface area contributed by atoms with Crippen molar-refractivity contribution in [1.82, 2.24) is 0 Å². The van der Waals surface area contributed by atoms with Crippen LogP contribution in [0, 0.1) is 11.7 Å². The lowest BCUT2D eigenvalue weighted by Crippen LogP contribution is -2.11. The van der Waals surface area contributed by atoms with Gasteiger partial charge in [0.25, 0.3) is 0 Å². The molecular formula is C11H12F. The monoisotopic (exact) mass is 163 g/mol. The molecule has 0 nitrogen and oxygen atoms in total. The molecule has 0 aliphatic heterocycles. The number of benzene rings is 1. The smallest absolute Gasteiger partial charge is 0.123 e. The number of hydrogen-bond donors (Lipinski definition) is 0. The van der Waals surface area contributed by atoms with Crippen LogP contribution in [-0.4, -0.2) is 0 Å². The first-order valence-corrected chi connectivity index (χ1v) is 4.42. The van der Waals surface area contributed by atoms with Crippen LogP contribution in [0.4, 0.5) is 4.39 Å². The van der Waals surface area contributed by atoms with Gasteiger partial charge in [-0.15, -0.1) is 0 Å². The van der Waals surface area contributed by atoms with E-state index >= 15 is 0 Å². The summed E-state index contributed by atoms with van der Waals surface area (Å²) in [7, 11) is 0. The van der Waals surface area contributed by atoms with E-state index in [-0.39, 0.29) is 5.82 Å². The van der Waals surface area contributed by atoms with Gasteiger partial charge in [0.1, 0.15) is 5.82 Å². The predicted molar refractivity (Wildman–Crippen MR) is 47.2 cm³/mol. The van der Waals surface area contributed by atoms with Crippen molar-refractivity contribution in [2.45, 2.75) is 25.7 Å². The van der Waals surface area contributed by atoms with Gasteiger partial charge in [-0.25, -0.2) is 4.39 Å². The van der Waals surface area contributed by atoms with E-state index in [2.05, 4.69) is 0 Å². The van der Waals surface area contributed by atoms with Crippen molar-refractivity contribution in [1.29, 1.82) is 0 Å². The summed E-state index contributed by atoms with van der Waals surface area (Å²) in [4.78, 5) is 0. The van der Waals surface area contributed by atoms with E-state index in [1.54, 1.807) is 18.1 Å². The molecule has 1 saturated carbocycles. The highest BCUT2D eigenvalue weighted by atomic mass is 19.1. The zero-order chi connectivity index (χ0) is 8.39. The van der Waals surface area contributed by atoms with E-state index in [0.717, 1.165) is 12.0 Å². The van der Waals surface area contributed by atoms with Gasteiger partial charge in [-0.05, 0) is 42.9 Å². The average molecular weight is 163 g/mol. The molecule has 0 amide bonds.